The van der Waals surface area contributed by atoms with Crippen molar-refractivity contribution >= 4 is 12.1 Å². The average Bonchev–Trinajstić information content (AvgIpc) is 2.43. The smallest absolute Gasteiger partial charge is 0.136 e. The van der Waals surface area contributed by atoms with Gasteiger partial charge in [0.2, 0.25) is 0 Å². The quantitative estimate of drug-likeness (QED) is 0.795. The number of hydrogen-bond donors (Lipinski definition) is 2. The first-order chi connectivity index (χ1) is 9.19. The molecule has 2 rings (SSSR count). The molecule has 1 fully saturated rings. The van der Waals surface area contributed by atoms with E-state index in [0.717, 1.165) is 25.5 Å². The topological polar surface area (TPSA) is 68.0 Å². The van der Waals surface area contributed by atoms with E-state index in [1.807, 2.05) is 13.0 Å². The SMILES string of the molecule is C[C@H](C=O)NC1CCC(Cc2cccnc2N)CC1. The van der Waals surface area contributed by atoms with Crippen LogP contribution in [-0.2, 0) is 11.2 Å². The van der Waals surface area contributed by atoms with E-state index in [9.17, 15) is 4.79 Å². The number of pyridine rings is 1. The minimum Gasteiger partial charge on any atom is -0.383 e. The summed E-state index contributed by atoms with van der Waals surface area (Å²) in [7, 11) is 0. The fraction of sp³-hybridized carbons (Fsp3) is 0.600. The Kier molecular flexibility index (Phi) is 4.91. The monoisotopic (exact) mass is 261 g/mol. The molecule has 104 valence electrons. The molecular formula is C15H23N3O. The Morgan fingerprint density at radius 2 is 2.21 bits per heavy atom. The van der Waals surface area contributed by atoms with E-state index in [4.69, 9.17) is 5.73 Å². The van der Waals surface area contributed by atoms with E-state index in [2.05, 4.69) is 16.4 Å². The van der Waals surface area contributed by atoms with Crippen LogP contribution >= 0.6 is 0 Å². The van der Waals surface area contributed by atoms with Gasteiger partial charge in [0.05, 0.1) is 6.04 Å². The van der Waals surface area contributed by atoms with Crippen LogP contribution < -0.4 is 11.1 Å². The lowest BCUT2D eigenvalue weighted by molar-refractivity contribution is -0.109. The molecule has 0 radical (unpaired) electrons. The Balaban J connectivity index is 1.80. The molecule has 1 aromatic heterocycles. The normalized spacial score (nSPS) is 24.9. The zero-order chi connectivity index (χ0) is 13.7. The second-order valence-corrected chi connectivity index (χ2v) is 5.56. The molecule has 0 aliphatic heterocycles. The van der Waals surface area contributed by atoms with Gasteiger partial charge in [-0.3, -0.25) is 0 Å². The van der Waals surface area contributed by atoms with Crippen molar-refractivity contribution in [1.29, 1.82) is 0 Å². The van der Waals surface area contributed by atoms with E-state index in [-0.39, 0.29) is 6.04 Å². The summed E-state index contributed by atoms with van der Waals surface area (Å²) in [5.74, 6) is 1.36. The number of nitrogen functional groups attached to an aromatic ring is 1. The van der Waals surface area contributed by atoms with Crippen LogP contribution in [0.1, 0.15) is 38.2 Å². The van der Waals surface area contributed by atoms with E-state index in [0.29, 0.717) is 17.8 Å². The van der Waals surface area contributed by atoms with Gasteiger partial charge in [-0.25, -0.2) is 4.98 Å². The van der Waals surface area contributed by atoms with Crippen molar-refractivity contribution in [2.45, 2.75) is 51.1 Å². The molecule has 0 unspecified atom stereocenters. The number of carbonyl (C=O) groups is 1. The van der Waals surface area contributed by atoms with Crippen LogP contribution in [0.3, 0.4) is 0 Å². The predicted molar refractivity (Wildman–Crippen MR) is 76.8 cm³/mol. The third-order valence-electron chi connectivity index (χ3n) is 3.98. The standard InChI is InChI=1S/C15H23N3O/c1-11(10-19)18-14-6-4-12(5-7-14)9-13-3-2-8-17-15(13)16/h2-3,8,10-12,14,18H,4-7,9H2,1H3,(H2,16,17)/t11-,12?,14?/m1/s1. The highest BCUT2D eigenvalue weighted by molar-refractivity contribution is 5.56. The molecule has 1 atom stereocenters. The highest BCUT2D eigenvalue weighted by atomic mass is 16.1. The van der Waals surface area contributed by atoms with Crippen LogP contribution in [0.4, 0.5) is 5.82 Å². The van der Waals surface area contributed by atoms with Crippen LogP contribution in [0.15, 0.2) is 18.3 Å². The third-order valence-corrected chi connectivity index (χ3v) is 3.98. The maximum Gasteiger partial charge on any atom is 0.136 e. The van der Waals surface area contributed by atoms with Gasteiger partial charge in [-0.2, -0.15) is 0 Å². The molecule has 0 aromatic carbocycles. The molecule has 0 amide bonds. The Morgan fingerprint density at radius 3 is 2.84 bits per heavy atom. The number of aromatic nitrogens is 1. The molecular weight excluding hydrogens is 238 g/mol. The molecule has 1 saturated carbocycles. The third kappa shape index (κ3) is 4.03. The van der Waals surface area contributed by atoms with Crippen molar-refractivity contribution < 1.29 is 4.79 Å². The van der Waals surface area contributed by atoms with Gasteiger partial charge >= 0.3 is 0 Å². The second kappa shape index (κ2) is 6.66. The van der Waals surface area contributed by atoms with Gasteiger partial charge in [0.15, 0.2) is 0 Å². The molecule has 1 aromatic rings. The summed E-state index contributed by atoms with van der Waals surface area (Å²) >= 11 is 0. The summed E-state index contributed by atoms with van der Waals surface area (Å²) in [4.78, 5) is 14.8. The van der Waals surface area contributed by atoms with Crippen molar-refractivity contribution in [3.8, 4) is 0 Å². The molecule has 3 N–H and O–H groups in total. The van der Waals surface area contributed by atoms with Gasteiger partial charge < -0.3 is 15.8 Å². The molecule has 0 spiro atoms. The Hall–Kier alpha value is -1.42. The van der Waals surface area contributed by atoms with Crippen molar-refractivity contribution in [3.05, 3.63) is 23.9 Å². The fourth-order valence-electron chi connectivity index (χ4n) is 2.88. The van der Waals surface area contributed by atoms with Gasteiger partial charge in [0, 0.05) is 12.2 Å². The lowest BCUT2D eigenvalue weighted by Gasteiger charge is -2.30. The summed E-state index contributed by atoms with van der Waals surface area (Å²) < 4.78 is 0. The van der Waals surface area contributed by atoms with Crippen LogP contribution in [0.25, 0.3) is 0 Å². The zero-order valence-electron chi connectivity index (χ0n) is 11.5. The molecule has 0 saturated heterocycles. The van der Waals surface area contributed by atoms with E-state index < -0.39 is 0 Å². The highest BCUT2D eigenvalue weighted by Crippen LogP contribution is 2.28. The highest BCUT2D eigenvalue weighted by Gasteiger charge is 2.22. The Bertz CT molecular complexity index is 414. The minimum absolute atomic E-state index is 0.0319. The number of anilines is 1. The number of nitrogens with two attached hydrogens (primary N) is 1. The number of nitrogens with zero attached hydrogens (tertiary/aromatic N) is 1. The van der Waals surface area contributed by atoms with Crippen LogP contribution in [-0.4, -0.2) is 23.4 Å². The van der Waals surface area contributed by atoms with E-state index in [1.54, 1.807) is 6.20 Å². The molecule has 4 heteroatoms. The van der Waals surface area contributed by atoms with Crippen molar-refractivity contribution in [2.75, 3.05) is 5.73 Å². The van der Waals surface area contributed by atoms with Crippen molar-refractivity contribution in [1.82, 2.24) is 10.3 Å². The van der Waals surface area contributed by atoms with Gasteiger partial charge in [-0.1, -0.05) is 6.07 Å². The lowest BCUT2D eigenvalue weighted by Crippen LogP contribution is -2.40. The first kappa shape index (κ1) is 14.0. The van der Waals surface area contributed by atoms with Crippen LogP contribution in [0, 0.1) is 5.92 Å². The van der Waals surface area contributed by atoms with Gasteiger partial charge in [-0.05, 0) is 56.6 Å². The molecule has 0 bridgehead atoms. The molecule has 4 nitrogen and oxygen atoms in total. The van der Waals surface area contributed by atoms with Crippen LogP contribution in [0.2, 0.25) is 0 Å². The molecule has 1 aliphatic carbocycles. The Labute approximate surface area is 114 Å². The van der Waals surface area contributed by atoms with E-state index in [1.165, 1.54) is 18.4 Å². The first-order valence-corrected chi connectivity index (χ1v) is 7.09. The molecule has 19 heavy (non-hydrogen) atoms. The molecule has 1 aliphatic rings. The zero-order valence-corrected chi connectivity index (χ0v) is 11.5. The number of aldehydes is 1. The number of nitrogens with one attached hydrogen (secondary N) is 1. The average molecular weight is 261 g/mol. The minimum atomic E-state index is -0.0319. The number of rotatable bonds is 5. The van der Waals surface area contributed by atoms with Crippen LogP contribution in [0.5, 0.6) is 0 Å². The first-order valence-electron chi connectivity index (χ1n) is 7.09. The summed E-state index contributed by atoms with van der Waals surface area (Å²) in [6.45, 7) is 1.91. The molecule has 1 heterocycles. The summed E-state index contributed by atoms with van der Waals surface area (Å²) in [5, 5.41) is 3.36. The predicted octanol–water partition coefficient (Wildman–Crippen LogP) is 1.94. The maximum absolute atomic E-state index is 10.6. The largest absolute Gasteiger partial charge is 0.383 e. The lowest BCUT2D eigenvalue weighted by atomic mass is 9.82. The van der Waals surface area contributed by atoms with Crippen molar-refractivity contribution in [3.63, 3.8) is 0 Å². The van der Waals surface area contributed by atoms with E-state index >= 15 is 0 Å². The van der Waals surface area contributed by atoms with Gasteiger partial charge in [0.25, 0.3) is 0 Å². The fourth-order valence-corrected chi connectivity index (χ4v) is 2.88. The summed E-state index contributed by atoms with van der Waals surface area (Å²) in [5.41, 5.74) is 7.05. The number of carbonyl (C=O) groups excluding carboxylic acids is 1. The second-order valence-electron chi connectivity index (χ2n) is 5.56. The number of hydrogen-bond acceptors (Lipinski definition) is 4. The van der Waals surface area contributed by atoms with Crippen molar-refractivity contribution in [2.24, 2.45) is 5.92 Å². The van der Waals surface area contributed by atoms with Gasteiger partial charge in [0.1, 0.15) is 12.1 Å². The summed E-state index contributed by atoms with van der Waals surface area (Å²) in [6, 6.07) is 4.48. The summed E-state index contributed by atoms with van der Waals surface area (Å²) in [6.07, 6.45) is 8.40. The van der Waals surface area contributed by atoms with Gasteiger partial charge in [-0.15, -0.1) is 0 Å². The Morgan fingerprint density at radius 1 is 1.47 bits per heavy atom. The maximum atomic E-state index is 10.6.